The third-order valence-corrected chi connectivity index (χ3v) is 9.21. The van der Waals surface area contributed by atoms with Crippen LogP contribution in [0.25, 0.3) is 0 Å². The molecule has 2 aliphatic rings. The zero-order chi connectivity index (χ0) is 18.6. The van der Waals surface area contributed by atoms with Crippen molar-refractivity contribution in [3.63, 3.8) is 0 Å². The van der Waals surface area contributed by atoms with Crippen molar-refractivity contribution in [1.29, 1.82) is 0 Å². The topological polar surface area (TPSA) is 96.4 Å². The van der Waals surface area contributed by atoms with Gasteiger partial charge in [0.05, 0.1) is 5.25 Å². The second-order valence-corrected chi connectivity index (χ2v) is 11.2. The molecule has 0 amide bonds. The van der Waals surface area contributed by atoms with Crippen LogP contribution < -0.4 is 4.72 Å². The lowest BCUT2D eigenvalue weighted by atomic mass is 9.99. The maximum absolute atomic E-state index is 12.6. The maximum atomic E-state index is 12.6. The number of nitrogens with one attached hydrogen (secondary N) is 1. The Hall–Kier alpha value is -1.03. The highest BCUT2D eigenvalue weighted by molar-refractivity contribution is 7.90. The minimum absolute atomic E-state index is 0.175. The summed E-state index contributed by atoms with van der Waals surface area (Å²) < 4.78 is 54.3. The second-order valence-electron chi connectivity index (χ2n) is 7.19. The van der Waals surface area contributed by atoms with Crippen molar-refractivity contribution in [2.24, 2.45) is 5.92 Å². The molecular weight excluding hydrogens is 374 g/mol. The van der Waals surface area contributed by atoms with E-state index in [2.05, 4.69) is 9.71 Å². The molecule has 0 aromatic carbocycles. The predicted octanol–water partition coefficient (Wildman–Crippen LogP) is 1.73. The average molecular weight is 402 g/mol. The van der Waals surface area contributed by atoms with Crippen molar-refractivity contribution in [3.8, 4) is 0 Å². The number of nitrogens with zero attached hydrogens (tertiary/aromatic N) is 2. The molecule has 1 saturated heterocycles. The molecule has 26 heavy (non-hydrogen) atoms. The van der Waals surface area contributed by atoms with Crippen LogP contribution in [0.15, 0.2) is 29.4 Å². The van der Waals surface area contributed by atoms with Gasteiger partial charge in [0.15, 0.2) is 0 Å². The first-order valence-electron chi connectivity index (χ1n) is 9.28. The average Bonchev–Trinajstić information content (AvgIpc) is 2.68. The fraction of sp³-hybridized carbons (Fsp3) is 0.706. The molecule has 2 fully saturated rings. The first-order valence-corrected chi connectivity index (χ1v) is 12.3. The van der Waals surface area contributed by atoms with E-state index in [4.69, 9.17) is 0 Å². The molecule has 0 atom stereocenters. The second kappa shape index (κ2) is 8.33. The number of hydrogen-bond acceptors (Lipinski definition) is 5. The lowest BCUT2D eigenvalue weighted by Crippen LogP contribution is -2.43. The van der Waals surface area contributed by atoms with Gasteiger partial charge < -0.3 is 0 Å². The number of hydrogen-bond donors (Lipinski definition) is 1. The SMILES string of the molecule is O=S(=O)(NCC1CCN(S(=O)(=O)c2cccnc2)CC1)C1CCCCC1. The van der Waals surface area contributed by atoms with Crippen LogP contribution in [-0.4, -0.2) is 51.0 Å². The molecule has 146 valence electrons. The highest BCUT2D eigenvalue weighted by Crippen LogP contribution is 2.25. The Bertz CT molecular complexity index is 783. The van der Waals surface area contributed by atoms with Crippen LogP contribution in [0.2, 0.25) is 0 Å². The molecule has 0 bridgehead atoms. The standard InChI is InChI=1S/C17H27N3O4S2/c21-25(22,16-5-2-1-3-6-16)19-13-15-8-11-20(12-9-15)26(23,24)17-7-4-10-18-14-17/h4,7,10,14-16,19H,1-3,5-6,8-9,11-13H2. The van der Waals surface area contributed by atoms with E-state index >= 15 is 0 Å². The summed E-state index contributed by atoms with van der Waals surface area (Å²) in [7, 11) is -6.77. The van der Waals surface area contributed by atoms with Gasteiger partial charge in [-0.15, -0.1) is 0 Å². The molecule has 3 rings (SSSR count). The molecule has 0 radical (unpaired) electrons. The third-order valence-electron chi connectivity index (χ3n) is 5.41. The van der Waals surface area contributed by atoms with Crippen LogP contribution in [0.3, 0.4) is 0 Å². The number of piperidine rings is 1. The summed E-state index contributed by atoms with van der Waals surface area (Å²) >= 11 is 0. The van der Waals surface area contributed by atoms with Gasteiger partial charge in [-0.25, -0.2) is 21.6 Å². The monoisotopic (exact) mass is 401 g/mol. The van der Waals surface area contributed by atoms with E-state index in [9.17, 15) is 16.8 Å². The van der Waals surface area contributed by atoms with Crippen molar-refractivity contribution in [3.05, 3.63) is 24.5 Å². The zero-order valence-corrected chi connectivity index (χ0v) is 16.5. The lowest BCUT2D eigenvalue weighted by molar-refractivity contribution is 0.274. The van der Waals surface area contributed by atoms with Gasteiger partial charge in [0, 0.05) is 32.0 Å². The predicted molar refractivity (Wildman–Crippen MR) is 99.5 cm³/mol. The molecule has 9 heteroatoms. The summed E-state index contributed by atoms with van der Waals surface area (Å²) in [5, 5.41) is -0.262. The van der Waals surface area contributed by atoms with Crippen LogP contribution in [0.5, 0.6) is 0 Å². The molecule has 1 aliphatic carbocycles. The molecule has 1 saturated carbocycles. The maximum Gasteiger partial charge on any atom is 0.244 e. The lowest BCUT2D eigenvalue weighted by Gasteiger charge is -2.31. The zero-order valence-electron chi connectivity index (χ0n) is 14.9. The van der Waals surface area contributed by atoms with E-state index < -0.39 is 20.0 Å². The van der Waals surface area contributed by atoms with Crippen LogP contribution in [-0.2, 0) is 20.0 Å². The Morgan fingerprint density at radius 1 is 1.04 bits per heavy atom. The Morgan fingerprint density at radius 3 is 2.35 bits per heavy atom. The smallest absolute Gasteiger partial charge is 0.244 e. The molecule has 1 aliphatic heterocycles. The molecule has 0 spiro atoms. The Kier molecular flexibility index (Phi) is 6.32. The first kappa shape index (κ1) is 19.7. The summed E-state index contributed by atoms with van der Waals surface area (Å²) in [6.45, 7) is 1.22. The number of aromatic nitrogens is 1. The van der Waals surface area contributed by atoms with E-state index in [1.807, 2.05) is 0 Å². The normalized spacial score (nSPS) is 21.7. The summed E-state index contributed by atoms with van der Waals surface area (Å²) in [5.74, 6) is 0.175. The minimum Gasteiger partial charge on any atom is -0.263 e. The number of rotatable bonds is 6. The molecule has 7 nitrogen and oxygen atoms in total. The van der Waals surface area contributed by atoms with Crippen molar-refractivity contribution in [2.45, 2.75) is 55.1 Å². The van der Waals surface area contributed by atoms with Gasteiger partial charge >= 0.3 is 0 Å². The summed E-state index contributed by atoms with van der Waals surface area (Å²) in [5.41, 5.74) is 0. The van der Waals surface area contributed by atoms with E-state index in [1.165, 1.54) is 10.5 Å². The van der Waals surface area contributed by atoms with Crippen LogP contribution in [0.4, 0.5) is 0 Å². The van der Waals surface area contributed by atoms with Crippen molar-refractivity contribution < 1.29 is 16.8 Å². The van der Waals surface area contributed by atoms with E-state index in [1.54, 1.807) is 18.3 Å². The van der Waals surface area contributed by atoms with Crippen molar-refractivity contribution >= 4 is 20.0 Å². The quantitative estimate of drug-likeness (QED) is 0.783. The molecule has 1 N–H and O–H groups in total. The highest BCUT2D eigenvalue weighted by atomic mass is 32.2. The van der Waals surface area contributed by atoms with E-state index in [0.717, 1.165) is 32.1 Å². The molecule has 2 heterocycles. The Balaban J connectivity index is 1.51. The van der Waals surface area contributed by atoms with Gasteiger partial charge in [-0.05, 0) is 43.7 Å². The van der Waals surface area contributed by atoms with Gasteiger partial charge in [-0.2, -0.15) is 4.31 Å². The minimum atomic E-state index is -3.51. The number of sulfonamides is 2. The Morgan fingerprint density at radius 2 is 1.73 bits per heavy atom. The van der Waals surface area contributed by atoms with E-state index in [0.29, 0.717) is 32.5 Å². The first-order chi connectivity index (χ1) is 12.4. The van der Waals surface area contributed by atoms with Gasteiger partial charge in [0.25, 0.3) is 0 Å². The molecule has 1 aromatic heterocycles. The van der Waals surface area contributed by atoms with Crippen LogP contribution in [0, 0.1) is 5.92 Å². The highest BCUT2D eigenvalue weighted by Gasteiger charge is 2.31. The van der Waals surface area contributed by atoms with Gasteiger partial charge in [0.1, 0.15) is 4.90 Å². The van der Waals surface area contributed by atoms with E-state index in [-0.39, 0.29) is 16.1 Å². The fourth-order valence-electron chi connectivity index (χ4n) is 3.73. The van der Waals surface area contributed by atoms with Gasteiger partial charge in [-0.3, -0.25) is 4.98 Å². The van der Waals surface area contributed by atoms with Gasteiger partial charge in [0.2, 0.25) is 20.0 Å². The Labute approximate surface area is 156 Å². The third kappa shape index (κ3) is 4.62. The van der Waals surface area contributed by atoms with Crippen molar-refractivity contribution in [2.75, 3.05) is 19.6 Å². The number of pyridine rings is 1. The summed E-state index contributed by atoms with van der Waals surface area (Å²) in [6, 6.07) is 3.16. The van der Waals surface area contributed by atoms with Crippen LogP contribution >= 0.6 is 0 Å². The largest absolute Gasteiger partial charge is 0.263 e. The fourth-order valence-corrected chi connectivity index (χ4v) is 6.82. The molecule has 1 aromatic rings. The molecule has 0 unspecified atom stereocenters. The summed E-state index contributed by atoms with van der Waals surface area (Å²) in [4.78, 5) is 4.08. The van der Waals surface area contributed by atoms with Crippen LogP contribution in [0.1, 0.15) is 44.9 Å². The molecular formula is C17H27N3O4S2. The van der Waals surface area contributed by atoms with Gasteiger partial charge in [-0.1, -0.05) is 19.3 Å². The van der Waals surface area contributed by atoms with Crippen molar-refractivity contribution in [1.82, 2.24) is 14.0 Å². The summed E-state index contributed by atoms with van der Waals surface area (Å²) in [6.07, 6.45) is 8.80.